The third-order valence-electron chi connectivity index (χ3n) is 3.38. The Kier molecular flexibility index (Phi) is 4.87. The van der Waals surface area contributed by atoms with E-state index in [2.05, 4.69) is 0 Å². The van der Waals surface area contributed by atoms with Crippen molar-refractivity contribution in [2.75, 3.05) is 6.61 Å². The number of ether oxygens (including phenoxy) is 1. The van der Waals surface area contributed by atoms with Crippen molar-refractivity contribution in [1.29, 1.82) is 0 Å². The Bertz CT molecular complexity index is 462. The number of rotatable bonds is 5. The Balaban J connectivity index is 2.17. The molecule has 0 amide bonds. The summed E-state index contributed by atoms with van der Waals surface area (Å²) >= 11 is 0. The molecule has 0 radical (unpaired) electrons. The normalized spacial score (nSPS) is 26.4. The number of hydroxylamine groups is 2. The van der Waals surface area contributed by atoms with Crippen molar-refractivity contribution in [3.8, 4) is 0 Å². The fraction of sp³-hybridized carbons (Fsp3) is 0.467. The zero-order chi connectivity index (χ0) is 14.5. The molecule has 0 saturated carbocycles. The topological polar surface area (TPSA) is 55.8 Å². The molecule has 1 aliphatic heterocycles. The predicted octanol–water partition coefficient (Wildman–Crippen LogP) is 1.57. The Morgan fingerprint density at radius 1 is 1.40 bits per heavy atom. The lowest BCUT2D eigenvalue weighted by Gasteiger charge is -2.22. The van der Waals surface area contributed by atoms with Gasteiger partial charge in [-0.15, -0.1) is 0 Å². The van der Waals surface area contributed by atoms with Crippen LogP contribution in [-0.2, 0) is 25.7 Å². The molecule has 1 heterocycles. The SMILES string of the molecule is CCOC(=O)[C@H]1[C@H](C=O)[C@@H](C)ON1Cc1ccccc1. The summed E-state index contributed by atoms with van der Waals surface area (Å²) < 4.78 is 5.05. The van der Waals surface area contributed by atoms with Gasteiger partial charge in [-0.25, -0.2) is 0 Å². The van der Waals surface area contributed by atoms with Crippen LogP contribution in [-0.4, -0.2) is 36.1 Å². The van der Waals surface area contributed by atoms with E-state index in [1.54, 1.807) is 18.9 Å². The summed E-state index contributed by atoms with van der Waals surface area (Å²) in [6.45, 7) is 4.26. The van der Waals surface area contributed by atoms with Gasteiger partial charge in [0.2, 0.25) is 0 Å². The van der Waals surface area contributed by atoms with Gasteiger partial charge in [0, 0.05) is 0 Å². The molecule has 1 aliphatic rings. The molecule has 0 unspecified atom stereocenters. The molecular formula is C15H19NO4. The van der Waals surface area contributed by atoms with Gasteiger partial charge < -0.3 is 9.53 Å². The average Bonchev–Trinajstić information content (AvgIpc) is 2.75. The lowest BCUT2D eigenvalue weighted by Crippen LogP contribution is -2.41. The standard InChI is InChI=1S/C15H19NO4/c1-3-19-15(18)14-13(10-17)11(2)20-16(14)9-12-7-5-4-6-8-12/h4-8,10-11,13-14H,3,9H2,1-2H3/t11-,13-,14-/m1/s1. The number of hydrogen-bond acceptors (Lipinski definition) is 5. The first-order chi connectivity index (χ1) is 9.67. The van der Waals surface area contributed by atoms with E-state index in [1.165, 1.54) is 0 Å². The van der Waals surface area contributed by atoms with Gasteiger partial charge >= 0.3 is 5.97 Å². The van der Waals surface area contributed by atoms with Crippen molar-refractivity contribution in [3.05, 3.63) is 35.9 Å². The number of esters is 1. The van der Waals surface area contributed by atoms with E-state index in [0.717, 1.165) is 11.8 Å². The summed E-state index contributed by atoms with van der Waals surface area (Å²) in [6, 6.07) is 8.99. The Morgan fingerprint density at radius 3 is 2.70 bits per heavy atom. The first-order valence-corrected chi connectivity index (χ1v) is 6.76. The van der Waals surface area contributed by atoms with Gasteiger partial charge in [-0.2, -0.15) is 5.06 Å². The highest BCUT2D eigenvalue weighted by molar-refractivity contribution is 5.80. The maximum absolute atomic E-state index is 12.1. The van der Waals surface area contributed by atoms with Crippen molar-refractivity contribution in [3.63, 3.8) is 0 Å². The highest BCUT2D eigenvalue weighted by atomic mass is 16.7. The quantitative estimate of drug-likeness (QED) is 0.604. The second kappa shape index (κ2) is 6.63. The van der Waals surface area contributed by atoms with Crippen LogP contribution in [0, 0.1) is 5.92 Å². The summed E-state index contributed by atoms with van der Waals surface area (Å²) in [4.78, 5) is 28.9. The summed E-state index contributed by atoms with van der Waals surface area (Å²) in [5.74, 6) is -0.914. The average molecular weight is 277 g/mol. The molecule has 5 nitrogen and oxygen atoms in total. The molecule has 1 fully saturated rings. The monoisotopic (exact) mass is 277 g/mol. The fourth-order valence-corrected chi connectivity index (χ4v) is 2.38. The lowest BCUT2D eigenvalue weighted by atomic mass is 9.97. The second-order valence-corrected chi connectivity index (χ2v) is 4.78. The lowest BCUT2D eigenvalue weighted by molar-refractivity contribution is -0.183. The summed E-state index contributed by atoms with van der Waals surface area (Å²) in [5, 5.41) is 1.55. The minimum absolute atomic E-state index is 0.286. The summed E-state index contributed by atoms with van der Waals surface area (Å²) in [7, 11) is 0. The minimum Gasteiger partial charge on any atom is -0.465 e. The Hall–Kier alpha value is -1.72. The largest absolute Gasteiger partial charge is 0.465 e. The molecule has 0 N–H and O–H groups in total. The highest BCUT2D eigenvalue weighted by Crippen LogP contribution is 2.28. The van der Waals surface area contributed by atoms with Gasteiger partial charge in [0.25, 0.3) is 0 Å². The molecule has 5 heteroatoms. The van der Waals surface area contributed by atoms with Crippen LogP contribution < -0.4 is 0 Å². The van der Waals surface area contributed by atoms with E-state index in [-0.39, 0.29) is 12.7 Å². The Labute approximate surface area is 118 Å². The smallest absolute Gasteiger partial charge is 0.326 e. The zero-order valence-corrected chi connectivity index (χ0v) is 11.7. The number of carbonyl (C=O) groups is 2. The molecule has 0 aromatic heterocycles. The van der Waals surface area contributed by atoms with Crippen LogP contribution >= 0.6 is 0 Å². The van der Waals surface area contributed by atoms with Crippen LogP contribution in [0.2, 0.25) is 0 Å². The minimum atomic E-state index is -0.678. The summed E-state index contributed by atoms with van der Waals surface area (Å²) in [5.41, 5.74) is 1.01. The first kappa shape index (κ1) is 14.7. The van der Waals surface area contributed by atoms with Crippen LogP contribution in [0.1, 0.15) is 19.4 Å². The maximum Gasteiger partial charge on any atom is 0.326 e. The molecule has 0 bridgehead atoms. The van der Waals surface area contributed by atoms with Gasteiger partial charge in [0.05, 0.1) is 25.2 Å². The molecule has 0 spiro atoms. The molecule has 20 heavy (non-hydrogen) atoms. The Morgan fingerprint density at radius 2 is 2.10 bits per heavy atom. The van der Waals surface area contributed by atoms with E-state index < -0.39 is 17.9 Å². The maximum atomic E-state index is 12.1. The number of hydrogen-bond donors (Lipinski definition) is 0. The van der Waals surface area contributed by atoms with E-state index >= 15 is 0 Å². The molecule has 1 aromatic carbocycles. The van der Waals surface area contributed by atoms with Crippen LogP contribution in [0.5, 0.6) is 0 Å². The van der Waals surface area contributed by atoms with Crippen molar-refractivity contribution in [1.82, 2.24) is 5.06 Å². The van der Waals surface area contributed by atoms with Crippen molar-refractivity contribution in [2.45, 2.75) is 32.5 Å². The number of aldehydes is 1. The zero-order valence-electron chi connectivity index (χ0n) is 11.7. The first-order valence-electron chi connectivity index (χ1n) is 6.76. The van der Waals surface area contributed by atoms with Crippen LogP contribution in [0.3, 0.4) is 0 Å². The number of carbonyl (C=O) groups excluding carboxylic acids is 2. The van der Waals surface area contributed by atoms with Gasteiger partial charge in [-0.1, -0.05) is 30.3 Å². The predicted molar refractivity (Wildman–Crippen MR) is 72.5 cm³/mol. The third kappa shape index (κ3) is 3.05. The molecular weight excluding hydrogens is 258 g/mol. The summed E-state index contributed by atoms with van der Waals surface area (Å²) in [6.07, 6.45) is 0.447. The van der Waals surface area contributed by atoms with E-state index in [9.17, 15) is 9.59 Å². The molecule has 1 saturated heterocycles. The van der Waals surface area contributed by atoms with Crippen LogP contribution in [0.4, 0.5) is 0 Å². The van der Waals surface area contributed by atoms with Crippen molar-refractivity contribution < 1.29 is 19.2 Å². The number of benzene rings is 1. The second-order valence-electron chi connectivity index (χ2n) is 4.78. The molecule has 0 aliphatic carbocycles. The van der Waals surface area contributed by atoms with Crippen LogP contribution in [0.15, 0.2) is 30.3 Å². The van der Waals surface area contributed by atoms with Gasteiger partial charge in [0.15, 0.2) is 0 Å². The molecule has 2 rings (SSSR count). The van der Waals surface area contributed by atoms with Crippen LogP contribution in [0.25, 0.3) is 0 Å². The van der Waals surface area contributed by atoms with E-state index in [4.69, 9.17) is 9.57 Å². The van der Waals surface area contributed by atoms with E-state index in [0.29, 0.717) is 6.54 Å². The third-order valence-corrected chi connectivity index (χ3v) is 3.38. The van der Waals surface area contributed by atoms with Crippen molar-refractivity contribution >= 4 is 12.3 Å². The van der Waals surface area contributed by atoms with Gasteiger partial charge in [-0.3, -0.25) is 9.63 Å². The molecule has 3 atom stereocenters. The number of nitrogens with zero attached hydrogens (tertiary/aromatic N) is 1. The molecule has 108 valence electrons. The molecule has 1 aromatic rings. The van der Waals surface area contributed by atoms with Gasteiger partial charge in [0.1, 0.15) is 12.3 Å². The highest BCUT2D eigenvalue weighted by Gasteiger charge is 2.46. The fourth-order valence-electron chi connectivity index (χ4n) is 2.38. The van der Waals surface area contributed by atoms with Crippen molar-refractivity contribution in [2.24, 2.45) is 5.92 Å². The van der Waals surface area contributed by atoms with Gasteiger partial charge in [-0.05, 0) is 19.4 Å². The van der Waals surface area contributed by atoms with E-state index in [1.807, 2.05) is 30.3 Å².